The largest absolute Gasteiger partial charge is 0.504 e. The Bertz CT molecular complexity index is 2170. The van der Waals surface area contributed by atoms with Gasteiger partial charge in [-0.15, -0.1) is 0 Å². The predicted molar refractivity (Wildman–Crippen MR) is 202 cm³/mol. The number of nitrogens with zero attached hydrogens (tertiary/aromatic N) is 2. The van der Waals surface area contributed by atoms with Gasteiger partial charge in [-0.1, -0.05) is 12.1 Å². The predicted octanol–water partition coefficient (Wildman–Crippen LogP) is 7.32. The van der Waals surface area contributed by atoms with E-state index in [0.717, 1.165) is 81.8 Å². The van der Waals surface area contributed by atoms with Crippen LogP contribution in [0.1, 0.15) is 28.3 Å². The summed E-state index contributed by atoms with van der Waals surface area (Å²) in [6.45, 7) is 1.60. The molecule has 0 aromatic heterocycles. The zero-order valence-corrected chi connectivity index (χ0v) is 31.3. The molecular formula is C41H46N2O9. The van der Waals surface area contributed by atoms with Gasteiger partial charge in [0.15, 0.2) is 34.5 Å². The minimum Gasteiger partial charge on any atom is -0.504 e. The van der Waals surface area contributed by atoms with E-state index in [-0.39, 0.29) is 11.8 Å². The van der Waals surface area contributed by atoms with E-state index in [1.807, 2.05) is 24.3 Å². The molecule has 0 saturated heterocycles. The van der Waals surface area contributed by atoms with Crippen molar-refractivity contribution in [3.8, 4) is 57.5 Å². The molecule has 0 radical (unpaired) electrons. The lowest BCUT2D eigenvalue weighted by Crippen LogP contribution is -2.33. The number of likely N-dealkylation sites (N-methyl/N-ethyl adjacent to an activating group) is 2. The average molecular weight is 711 g/mol. The minimum atomic E-state index is 0.0291. The topological polar surface area (TPSA) is 101 Å². The van der Waals surface area contributed by atoms with E-state index in [1.54, 1.807) is 49.8 Å². The van der Waals surface area contributed by atoms with E-state index in [4.69, 9.17) is 37.9 Å². The number of methoxy groups -OCH3 is 7. The van der Waals surface area contributed by atoms with Gasteiger partial charge in [0.25, 0.3) is 0 Å². The Kier molecular flexibility index (Phi) is 9.39. The number of benzene rings is 5. The molecule has 1 N–H and O–H groups in total. The third-order valence-electron chi connectivity index (χ3n) is 10.6. The van der Waals surface area contributed by atoms with Crippen molar-refractivity contribution in [2.24, 2.45) is 0 Å². The molecule has 0 fully saturated rings. The number of fused-ring (bicyclic) bond motifs is 3. The number of anilines is 1. The maximum atomic E-state index is 11.1. The van der Waals surface area contributed by atoms with E-state index in [9.17, 15) is 5.11 Å². The first kappa shape index (κ1) is 35.0. The molecule has 11 nitrogen and oxygen atoms in total. The van der Waals surface area contributed by atoms with Crippen LogP contribution in [0, 0.1) is 0 Å². The summed E-state index contributed by atoms with van der Waals surface area (Å²) < 4.78 is 47.6. The van der Waals surface area contributed by atoms with Crippen molar-refractivity contribution in [2.75, 3.05) is 81.9 Å². The molecule has 274 valence electrons. The first-order chi connectivity index (χ1) is 25.2. The number of ether oxygens (including phenoxy) is 8. The third kappa shape index (κ3) is 5.46. The highest BCUT2D eigenvalue weighted by atomic mass is 16.5. The lowest BCUT2D eigenvalue weighted by molar-refractivity contribution is 0.224. The number of rotatable bonds is 11. The van der Waals surface area contributed by atoms with Crippen LogP contribution in [0.4, 0.5) is 5.69 Å². The summed E-state index contributed by atoms with van der Waals surface area (Å²) in [5.74, 6) is 4.99. The van der Waals surface area contributed by atoms with Crippen LogP contribution >= 0.6 is 0 Å². The Morgan fingerprint density at radius 1 is 0.615 bits per heavy atom. The first-order valence-corrected chi connectivity index (χ1v) is 17.2. The van der Waals surface area contributed by atoms with Crippen molar-refractivity contribution in [1.82, 2.24) is 4.90 Å². The highest BCUT2D eigenvalue weighted by Gasteiger charge is 2.33. The lowest BCUT2D eigenvalue weighted by Gasteiger charge is -2.35. The zero-order chi connectivity index (χ0) is 36.8. The summed E-state index contributed by atoms with van der Waals surface area (Å²) in [7, 11) is 15.5. The first-order valence-electron chi connectivity index (χ1n) is 17.2. The van der Waals surface area contributed by atoms with Gasteiger partial charge >= 0.3 is 0 Å². The number of phenolic OH excluding ortho intramolecular Hbond substituents is 1. The van der Waals surface area contributed by atoms with Crippen molar-refractivity contribution in [1.29, 1.82) is 0 Å². The SMILES string of the molecule is COc1cc2c(c(O)c1OC)CCN(C)[C@H]2Cc1ccc(Oc2c(OC)c(OC)cc3c2cc2c4c(c(OC)c(OC)c(OC)c43)CCN2C)cc1. The Labute approximate surface area is 304 Å². The van der Waals surface area contributed by atoms with Gasteiger partial charge in [0.2, 0.25) is 17.2 Å². The van der Waals surface area contributed by atoms with Gasteiger partial charge in [0.05, 0.1) is 49.8 Å². The molecule has 5 aromatic rings. The molecule has 5 aromatic carbocycles. The van der Waals surface area contributed by atoms with E-state index in [2.05, 4.69) is 42.1 Å². The molecule has 0 aliphatic carbocycles. The molecule has 2 aliphatic rings. The van der Waals surface area contributed by atoms with Gasteiger partial charge in [-0.25, -0.2) is 0 Å². The molecule has 1 atom stereocenters. The van der Waals surface area contributed by atoms with Crippen molar-refractivity contribution in [3.63, 3.8) is 0 Å². The van der Waals surface area contributed by atoms with Crippen LogP contribution in [0.3, 0.4) is 0 Å². The molecule has 2 heterocycles. The van der Waals surface area contributed by atoms with Gasteiger partial charge in [-0.3, -0.25) is 4.90 Å². The summed E-state index contributed by atoms with van der Waals surface area (Å²) >= 11 is 0. The minimum absolute atomic E-state index is 0.0291. The van der Waals surface area contributed by atoms with Crippen molar-refractivity contribution < 1.29 is 43.0 Å². The highest BCUT2D eigenvalue weighted by molar-refractivity contribution is 6.21. The third-order valence-corrected chi connectivity index (χ3v) is 10.6. The van der Waals surface area contributed by atoms with Crippen LogP contribution in [0.2, 0.25) is 0 Å². The van der Waals surface area contributed by atoms with Gasteiger partial charge in [-0.05, 0) is 67.8 Å². The monoisotopic (exact) mass is 710 g/mol. The smallest absolute Gasteiger partial charge is 0.204 e. The van der Waals surface area contributed by atoms with Crippen LogP contribution in [0.15, 0.2) is 42.5 Å². The molecular weight excluding hydrogens is 664 g/mol. The maximum Gasteiger partial charge on any atom is 0.204 e. The fraction of sp³-hybridized carbons (Fsp3) is 0.366. The molecule has 0 spiro atoms. The highest BCUT2D eigenvalue weighted by Crippen LogP contribution is 2.56. The van der Waals surface area contributed by atoms with E-state index in [1.165, 1.54) is 0 Å². The van der Waals surface area contributed by atoms with Crippen LogP contribution < -0.4 is 42.8 Å². The quantitative estimate of drug-likeness (QED) is 0.140. The second-order valence-electron chi connectivity index (χ2n) is 13.2. The molecule has 11 heteroatoms. The van der Waals surface area contributed by atoms with Crippen molar-refractivity contribution in [3.05, 3.63) is 64.7 Å². The second kappa shape index (κ2) is 14.0. The molecule has 0 bridgehead atoms. The Morgan fingerprint density at radius 2 is 1.25 bits per heavy atom. The summed E-state index contributed by atoms with van der Waals surface area (Å²) in [4.78, 5) is 4.55. The lowest BCUT2D eigenvalue weighted by atomic mass is 9.88. The fourth-order valence-corrected chi connectivity index (χ4v) is 8.02. The standard InChI is InChI=1S/C41H46N2O9/c1-42-16-14-24-26(20-31(45-3)38(48-6)35(24)44)29(42)18-22-10-12-23(13-11-22)52-37-28-19-30-33-25(15-17-43(30)2)36(47-5)41(51-9)40(50-8)34(33)27(28)21-32(46-4)39(37)49-7/h10-13,19-21,29,44H,14-18H2,1-9H3/t29-/m0/s1. The number of phenols is 1. The van der Waals surface area contributed by atoms with Crippen LogP contribution in [-0.2, 0) is 19.3 Å². The van der Waals surface area contributed by atoms with E-state index in [0.29, 0.717) is 51.7 Å². The van der Waals surface area contributed by atoms with Gasteiger partial charge in [-0.2, -0.15) is 0 Å². The molecule has 0 unspecified atom stereocenters. The van der Waals surface area contributed by atoms with E-state index >= 15 is 0 Å². The Morgan fingerprint density at radius 3 is 1.88 bits per heavy atom. The fourth-order valence-electron chi connectivity index (χ4n) is 8.02. The van der Waals surface area contributed by atoms with Crippen LogP contribution in [0.25, 0.3) is 21.5 Å². The Hall–Kier alpha value is -5.42. The van der Waals surface area contributed by atoms with Crippen LogP contribution in [0.5, 0.6) is 57.5 Å². The average Bonchev–Trinajstić information content (AvgIpc) is 3.16. The zero-order valence-electron chi connectivity index (χ0n) is 31.3. The van der Waals surface area contributed by atoms with Gasteiger partial charge < -0.3 is 47.9 Å². The molecule has 52 heavy (non-hydrogen) atoms. The maximum absolute atomic E-state index is 11.1. The van der Waals surface area contributed by atoms with Gasteiger partial charge in [0.1, 0.15) is 5.75 Å². The normalized spacial score (nSPS) is 15.3. The van der Waals surface area contributed by atoms with Gasteiger partial charge in [0, 0.05) is 64.5 Å². The Balaban J connectivity index is 1.33. The second-order valence-corrected chi connectivity index (χ2v) is 13.2. The summed E-state index contributed by atoms with van der Waals surface area (Å²) in [5, 5.41) is 14.7. The number of hydrogen-bond donors (Lipinski definition) is 1. The molecule has 7 rings (SSSR count). The summed E-state index contributed by atoms with van der Waals surface area (Å²) in [6, 6.07) is 14.2. The molecule has 2 aliphatic heterocycles. The summed E-state index contributed by atoms with van der Waals surface area (Å²) in [5.41, 5.74) is 5.13. The van der Waals surface area contributed by atoms with Crippen molar-refractivity contribution in [2.45, 2.75) is 25.3 Å². The molecule has 0 amide bonds. The van der Waals surface area contributed by atoms with Crippen molar-refractivity contribution >= 4 is 27.2 Å². The van der Waals surface area contributed by atoms with E-state index < -0.39 is 0 Å². The number of hydrogen-bond acceptors (Lipinski definition) is 11. The van der Waals surface area contributed by atoms with Crippen LogP contribution in [-0.4, -0.2) is 87.0 Å². The summed E-state index contributed by atoms with van der Waals surface area (Å²) in [6.07, 6.45) is 2.22. The molecule has 0 saturated carbocycles. The number of aromatic hydroxyl groups is 1.